The van der Waals surface area contributed by atoms with Gasteiger partial charge in [0.2, 0.25) is 0 Å². The average Bonchev–Trinajstić information content (AvgIpc) is 3.18. The van der Waals surface area contributed by atoms with Crippen molar-refractivity contribution in [3.05, 3.63) is 60.0 Å². The molecule has 9 heteroatoms. The summed E-state index contributed by atoms with van der Waals surface area (Å²) in [6, 6.07) is 1.91. The van der Waals surface area contributed by atoms with Crippen LogP contribution in [-0.2, 0) is 0 Å². The number of hydrogen-bond donors (Lipinski definition) is 1. The van der Waals surface area contributed by atoms with Gasteiger partial charge in [-0.15, -0.1) is 11.3 Å². The molecule has 1 aliphatic rings. The van der Waals surface area contributed by atoms with E-state index < -0.39 is 0 Å². The highest BCUT2D eigenvalue weighted by molar-refractivity contribution is 14.1. The molecule has 0 bridgehead atoms. The molecule has 1 aliphatic carbocycles. The Kier molecular flexibility index (Phi) is 4.31. The highest BCUT2D eigenvalue weighted by Crippen LogP contribution is 2.49. The van der Waals surface area contributed by atoms with E-state index in [0.29, 0.717) is 17.0 Å². The SMILES string of the molecule is Cc1nc([C@@H]2CC[C@H]2c2nc3c(cnn3-c3cnccc3I)c(=O)[nH]2)sc1C. The molecule has 4 aromatic rings. The van der Waals surface area contributed by atoms with Crippen molar-refractivity contribution >= 4 is 45.0 Å². The zero-order chi connectivity index (χ0) is 19.4. The highest BCUT2D eigenvalue weighted by Gasteiger charge is 2.37. The smallest absolute Gasteiger partial charge is 0.262 e. The molecule has 2 atom stereocenters. The number of halogens is 1. The number of hydrogen-bond acceptors (Lipinski definition) is 6. The third-order valence-electron chi connectivity index (χ3n) is 5.42. The van der Waals surface area contributed by atoms with Gasteiger partial charge in [0.05, 0.1) is 28.8 Å². The first-order valence-electron chi connectivity index (χ1n) is 9.04. The standard InChI is InChI=1S/C19H17IN6OS/c1-9-10(2)28-19(23-9)12-4-3-11(12)16-24-17-13(18(27)25-16)7-22-26(17)15-8-21-6-5-14(15)20/h5-8,11-12H,3-4H2,1-2H3,(H,24,25,27)/t11-,12-/m1/s1. The molecule has 142 valence electrons. The monoisotopic (exact) mass is 504 g/mol. The third kappa shape index (κ3) is 2.79. The number of nitrogens with zero attached hydrogens (tertiary/aromatic N) is 5. The molecular weight excluding hydrogens is 487 g/mol. The summed E-state index contributed by atoms with van der Waals surface area (Å²) in [6.07, 6.45) is 7.11. The lowest BCUT2D eigenvalue weighted by Gasteiger charge is -2.34. The van der Waals surface area contributed by atoms with Crippen molar-refractivity contribution < 1.29 is 0 Å². The Morgan fingerprint density at radius 2 is 2.04 bits per heavy atom. The molecule has 0 radical (unpaired) electrons. The van der Waals surface area contributed by atoms with Gasteiger partial charge in [-0.2, -0.15) is 5.10 Å². The Morgan fingerprint density at radius 1 is 1.21 bits per heavy atom. The normalized spacial score (nSPS) is 19.1. The molecule has 7 nitrogen and oxygen atoms in total. The van der Waals surface area contributed by atoms with Gasteiger partial charge in [-0.25, -0.2) is 14.6 Å². The molecule has 4 aromatic heterocycles. The van der Waals surface area contributed by atoms with Gasteiger partial charge >= 0.3 is 0 Å². The zero-order valence-corrected chi connectivity index (χ0v) is 18.3. The highest BCUT2D eigenvalue weighted by atomic mass is 127. The fourth-order valence-corrected chi connectivity index (χ4v) is 5.24. The Morgan fingerprint density at radius 3 is 2.71 bits per heavy atom. The fourth-order valence-electron chi connectivity index (χ4n) is 3.59. The van der Waals surface area contributed by atoms with E-state index in [1.165, 1.54) is 4.88 Å². The van der Waals surface area contributed by atoms with Crippen LogP contribution in [0.1, 0.15) is 46.1 Å². The molecule has 0 saturated heterocycles. The minimum absolute atomic E-state index is 0.151. The van der Waals surface area contributed by atoms with Crippen LogP contribution in [0.25, 0.3) is 16.7 Å². The maximum Gasteiger partial charge on any atom is 0.262 e. The summed E-state index contributed by atoms with van der Waals surface area (Å²) in [6.45, 7) is 4.15. The largest absolute Gasteiger partial charge is 0.310 e. The molecule has 28 heavy (non-hydrogen) atoms. The topological polar surface area (TPSA) is 89.3 Å². The molecular formula is C19H17IN6OS. The minimum Gasteiger partial charge on any atom is -0.310 e. The van der Waals surface area contributed by atoms with Crippen LogP contribution in [0.3, 0.4) is 0 Å². The number of aryl methyl sites for hydroxylation is 2. The number of H-pyrrole nitrogens is 1. The van der Waals surface area contributed by atoms with Crippen LogP contribution in [0, 0.1) is 17.4 Å². The van der Waals surface area contributed by atoms with Crippen molar-refractivity contribution in [1.29, 1.82) is 0 Å². The fraction of sp³-hybridized carbons (Fsp3) is 0.316. The Labute approximate surface area is 178 Å². The van der Waals surface area contributed by atoms with Crippen molar-refractivity contribution in [2.75, 3.05) is 0 Å². The first-order valence-corrected chi connectivity index (χ1v) is 10.9. The second kappa shape index (κ2) is 6.73. The number of thiazole rings is 1. The molecule has 0 amide bonds. The molecule has 1 saturated carbocycles. The molecule has 0 spiro atoms. The van der Waals surface area contributed by atoms with Gasteiger partial charge < -0.3 is 4.98 Å². The van der Waals surface area contributed by atoms with Crippen LogP contribution in [0.2, 0.25) is 0 Å². The Bertz CT molecular complexity index is 1240. The predicted molar refractivity (Wildman–Crippen MR) is 116 cm³/mol. The lowest BCUT2D eigenvalue weighted by molar-refractivity contribution is 0.331. The van der Waals surface area contributed by atoms with Crippen LogP contribution >= 0.6 is 33.9 Å². The van der Waals surface area contributed by atoms with E-state index in [2.05, 4.69) is 44.6 Å². The maximum absolute atomic E-state index is 12.7. The molecule has 1 fully saturated rings. The minimum atomic E-state index is -0.151. The zero-order valence-electron chi connectivity index (χ0n) is 15.3. The quantitative estimate of drug-likeness (QED) is 0.429. The molecule has 1 N–H and O–H groups in total. The summed E-state index contributed by atoms with van der Waals surface area (Å²) < 4.78 is 2.70. The second-order valence-electron chi connectivity index (χ2n) is 7.06. The van der Waals surface area contributed by atoms with Crippen molar-refractivity contribution in [2.45, 2.75) is 38.5 Å². The number of rotatable bonds is 3. The molecule has 4 heterocycles. The number of fused-ring (bicyclic) bond motifs is 1. The van der Waals surface area contributed by atoms with E-state index in [4.69, 9.17) is 9.97 Å². The van der Waals surface area contributed by atoms with Gasteiger partial charge in [0, 0.05) is 26.5 Å². The Balaban J connectivity index is 1.60. The summed E-state index contributed by atoms with van der Waals surface area (Å²) in [4.78, 5) is 30.7. The maximum atomic E-state index is 12.7. The van der Waals surface area contributed by atoms with E-state index >= 15 is 0 Å². The van der Waals surface area contributed by atoms with Crippen LogP contribution in [0.5, 0.6) is 0 Å². The van der Waals surface area contributed by atoms with Gasteiger partial charge in [-0.05, 0) is 55.3 Å². The van der Waals surface area contributed by atoms with Crippen molar-refractivity contribution in [3.63, 3.8) is 0 Å². The van der Waals surface area contributed by atoms with E-state index in [0.717, 1.165) is 38.6 Å². The number of aromatic nitrogens is 6. The second-order valence-corrected chi connectivity index (χ2v) is 9.45. The lowest BCUT2D eigenvalue weighted by Crippen LogP contribution is -2.26. The van der Waals surface area contributed by atoms with Crippen LogP contribution in [0.15, 0.2) is 29.5 Å². The first kappa shape index (κ1) is 17.9. The van der Waals surface area contributed by atoms with Crippen molar-refractivity contribution in [3.8, 4) is 5.69 Å². The summed E-state index contributed by atoms with van der Waals surface area (Å²) in [5, 5.41) is 6.03. The summed E-state index contributed by atoms with van der Waals surface area (Å²) in [5.41, 5.74) is 2.33. The van der Waals surface area contributed by atoms with Crippen molar-refractivity contribution in [1.82, 2.24) is 29.7 Å². The van der Waals surface area contributed by atoms with Crippen LogP contribution in [0.4, 0.5) is 0 Å². The van der Waals surface area contributed by atoms with Gasteiger partial charge in [-0.3, -0.25) is 9.78 Å². The van der Waals surface area contributed by atoms with E-state index in [-0.39, 0.29) is 11.5 Å². The lowest BCUT2D eigenvalue weighted by atomic mass is 9.73. The van der Waals surface area contributed by atoms with Gasteiger partial charge in [0.25, 0.3) is 5.56 Å². The molecule has 0 aliphatic heterocycles. The summed E-state index contributed by atoms with van der Waals surface area (Å²) in [7, 11) is 0. The molecule has 0 unspecified atom stereocenters. The van der Waals surface area contributed by atoms with Crippen LogP contribution < -0.4 is 5.56 Å². The number of pyridine rings is 1. The first-order chi connectivity index (χ1) is 13.5. The molecule has 0 aromatic carbocycles. The van der Waals surface area contributed by atoms with E-state index in [9.17, 15) is 4.79 Å². The predicted octanol–water partition coefficient (Wildman–Crippen LogP) is 3.84. The number of nitrogens with one attached hydrogen (secondary N) is 1. The third-order valence-corrected chi connectivity index (χ3v) is 7.54. The van der Waals surface area contributed by atoms with Crippen molar-refractivity contribution in [2.24, 2.45) is 0 Å². The Hall–Kier alpha value is -2.14. The van der Waals surface area contributed by atoms with Gasteiger partial charge in [-0.1, -0.05) is 0 Å². The average molecular weight is 504 g/mol. The van der Waals surface area contributed by atoms with E-state index in [1.807, 2.05) is 13.0 Å². The van der Waals surface area contributed by atoms with Gasteiger partial charge in [0.15, 0.2) is 5.65 Å². The summed E-state index contributed by atoms with van der Waals surface area (Å²) >= 11 is 3.99. The van der Waals surface area contributed by atoms with E-state index in [1.54, 1.807) is 34.6 Å². The van der Waals surface area contributed by atoms with Crippen LogP contribution in [-0.4, -0.2) is 29.7 Å². The summed E-state index contributed by atoms with van der Waals surface area (Å²) in [5.74, 6) is 1.21. The van der Waals surface area contributed by atoms with Gasteiger partial charge in [0.1, 0.15) is 11.2 Å². The number of aromatic amines is 1. The molecule has 5 rings (SSSR count).